The highest BCUT2D eigenvalue weighted by atomic mass is 79.9. The predicted molar refractivity (Wildman–Crippen MR) is 76.7 cm³/mol. The summed E-state index contributed by atoms with van der Waals surface area (Å²) >= 11 is 3.52. The van der Waals surface area contributed by atoms with Gasteiger partial charge in [0.1, 0.15) is 5.78 Å². The van der Waals surface area contributed by atoms with Crippen LogP contribution in [0.2, 0.25) is 0 Å². The summed E-state index contributed by atoms with van der Waals surface area (Å²) in [5.41, 5.74) is 2.67. The van der Waals surface area contributed by atoms with Gasteiger partial charge in [-0.1, -0.05) is 67.4 Å². The normalized spacial score (nSPS) is 12.8. The fraction of sp³-hybridized carbons (Fsp3) is 0.533. The number of Topliss-reactive ketones (excluding diaryl/α,β-unsaturated/α-hetero) is 1. The van der Waals surface area contributed by atoms with Gasteiger partial charge < -0.3 is 0 Å². The number of alkyl halides is 1. The van der Waals surface area contributed by atoms with E-state index in [0.717, 1.165) is 19.3 Å². The molecule has 0 N–H and O–H groups in total. The number of halogens is 1. The van der Waals surface area contributed by atoms with Gasteiger partial charge in [-0.3, -0.25) is 4.79 Å². The molecule has 2 heteroatoms. The van der Waals surface area contributed by atoms with E-state index in [9.17, 15) is 4.79 Å². The van der Waals surface area contributed by atoms with Crippen molar-refractivity contribution in [2.24, 2.45) is 5.92 Å². The molecule has 0 amide bonds. The summed E-state index contributed by atoms with van der Waals surface area (Å²) in [6.07, 6.45) is 3.03. The van der Waals surface area contributed by atoms with Gasteiger partial charge in [0.05, 0.1) is 4.83 Å². The van der Waals surface area contributed by atoms with Crippen LogP contribution in [0.5, 0.6) is 0 Å². The molecule has 1 unspecified atom stereocenters. The van der Waals surface area contributed by atoms with Gasteiger partial charge in [0.15, 0.2) is 0 Å². The van der Waals surface area contributed by atoms with E-state index < -0.39 is 0 Å². The smallest absolute Gasteiger partial charge is 0.149 e. The maximum Gasteiger partial charge on any atom is 0.149 e. The van der Waals surface area contributed by atoms with Crippen LogP contribution in [-0.2, 0) is 17.6 Å². The minimum absolute atomic E-state index is 0.0551. The zero-order chi connectivity index (χ0) is 12.8. The van der Waals surface area contributed by atoms with Crippen LogP contribution in [0.4, 0.5) is 0 Å². The van der Waals surface area contributed by atoms with Gasteiger partial charge in [-0.15, -0.1) is 0 Å². The van der Waals surface area contributed by atoms with Crippen molar-refractivity contribution in [3.8, 4) is 0 Å². The van der Waals surface area contributed by atoms with Gasteiger partial charge in [-0.25, -0.2) is 0 Å². The summed E-state index contributed by atoms with van der Waals surface area (Å²) < 4.78 is 0. The molecular weight excluding hydrogens is 276 g/mol. The molecule has 0 fully saturated rings. The number of hydrogen-bond acceptors (Lipinski definition) is 1. The van der Waals surface area contributed by atoms with E-state index in [0.29, 0.717) is 0 Å². The second-order valence-electron chi connectivity index (χ2n) is 4.75. The van der Waals surface area contributed by atoms with E-state index in [4.69, 9.17) is 0 Å². The molecule has 0 heterocycles. The molecule has 1 aromatic carbocycles. The number of rotatable bonds is 6. The Morgan fingerprint density at radius 3 is 2.35 bits per heavy atom. The van der Waals surface area contributed by atoms with E-state index in [2.05, 4.69) is 41.1 Å². The molecular formula is C15H21BrO. The molecule has 0 saturated heterocycles. The Balaban J connectivity index is 2.77. The zero-order valence-electron chi connectivity index (χ0n) is 10.9. The van der Waals surface area contributed by atoms with E-state index in [1.807, 2.05) is 19.9 Å². The fourth-order valence-corrected chi connectivity index (χ4v) is 2.80. The van der Waals surface area contributed by atoms with E-state index in [1.165, 1.54) is 11.1 Å². The summed E-state index contributed by atoms with van der Waals surface area (Å²) in [5, 5.41) is 0. The molecule has 1 rings (SSSR count). The third-order valence-corrected chi connectivity index (χ3v) is 3.69. The number of aryl methyl sites for hydroxylation is 1. The van der Waals surface area contributed by atoms with Gasteiger partial charge in [-0.2, -0.15) is 0 Å². The molecule has 1 nitrogen and oxygen atoms in total. The summed E-state index contributed by atoms with van der Waals surface area (Å²) in [5.74, 6) is 0.383. The lowest BCUT2D eigenvalue weighted by Gasteiger charge is -2.14. The van der Waals surface area contributed by atoms with Crippen molar-refractivity contribution in [2.45, 2.75) is 44.9 Å². The van der Waals surface area contributed by atoms with Gasteiger partial charge in [0.25, 0.3) is 0 Å². The summed E-state index contributed by atoms with van der Waals surface area (Å²) in [4.78, 5) is 11.8. The van der Waals surface area contributed by atoms with Crippen molar-refractivity contribution in [1.29, 1.82) is 0 Å². The summed E-state index contributed by atoms with van der Waals surface area (Å²) in [6.45, 7) is 6.09. The quantitative estimate of drug-likeness (QED) is 0.720. The molecule has 0 spiro atoms. The zero-order valence-corrected chi connectivity index (χ0v) is 12.5. The molecule has 17 heavy (non-hydrogen) atoms. The standard InChI is InChI=1S/C15H21BrO/c1-4-7-12-8-5-6-9-13(12)10-14(16)15(17)11(2)3/h5-6,8-9,11,14H,4,7,10H2,1-3H3. The maximum absolute atomic E-state index is 11.9. The first-order valence-corrected chi connectivity index (χ1v) is 7.22. The average Bonchev–Trinajstić information content (AvgIpc) is 2.30. The average molecular weight is 297 g/mol. The molecule has 0 saturated carbocycles. The van der Waals surface area contributed by atoms with Crippen LogP contribution in [0.3, 0.4) is 0 Å². The first-order valence-electron chi connectivity index (χ1n) is 6.30. The first-order chi connectivity index (χ1) is 8.06. The van der Waals surface area contributed by atoms with Crippen LogP contribution in [0, 0.1) is 5.92 Å². The Morgan fingerprint density at radius 1 is 1.24 bits per heavy atom. The largest absolute Gasteiger partial charge is 0.298 e. The molecule has 0 radical (unpaired) electrons. The minimum Gasteiger partial charge on any atom is -0.298 e. The van der Waals surface area contributed by atoms with Gasteiger partial charge >= 0.3 is 0 Å². The van der Waals surface area contributed by atoms with Gasteiger partial charge in [-0.05, 0) is 24.0 Å². The monoisotopic (exact) mass is 296 g/mol. The Bertz CT molecular complexity index is 371. The van der Waals surface area contributed by atoms with Gasteiger partial charge in [0.2, 0.25) is 0 Å². The Morgan fingerprint density at radius 2 is 1.82 bits per heavy atom. The molecule has 0 aliphatic carbocycles. The number of carbonyl (C=O) groups is 1. The molecule has 0 aliphatic rings. The topological polar surface area (TPSA) is 17.1 Å². The third-order valence-electron chi connectivity index (χ3n) is 2.91. The number of hydrogen-bond donors (Lipinski definition) is 0. The van der Waals surface area contributed by atoms with Crippen molar-refractivity contribution >= 4 is 21.7 Å². The lowest BCUT2D eigenvalue weighted by atomic mass is 9.96. The second-order valence-corrected chi connectivity index (χ2v) is 5.85. The Kier molecular flexibility index (Phi) is 5.90. The number of carbonyl (C=O) groups excluding carboxylic acids is 1. The highest BCUT2D eigenvalue weighted by molar-refractivity contribution is 9.10. The maximum atomic E-state index is 11.9. The van der Waals surface area contributed by atoms with Crippen LogP contribution in [0.25, 0.3) is 0 Å². The van der Waals surface area contributed by atoms with Crippen molar-refractivity contribution in [2.75, 3.05) is 0 Å². The van der Waals surface area contributed by atoms with Crippen LogP contribution < -0.4 is 0 Å². The van der Waals surface area contributed by atoms with Crippen LogP contribution in [0.1, 0.15) is 38.3 Å². The van der Waals surface area contributed by atoms with Crippen molar-refractivity contribution in [3.63, 3.8) is 0 Å². The SMILES string of the molecule is CCCc1ccccc1CC(Br)C(=O)C(C)C. The highest BCUT2D eigenvalue weighted by Gasteiger charge is 2.19. The van der Waals surface area contributed by atoms with E-state index in [-0.39, 0.29) is 16.5 Å². The van der Waals surface area contributed by atoms with Crippen LogP contribution >= 0.6 is 15.9 Å². The molecule has 1 atom stereocenters. The van der Waals surface area contributed by atoms with E-state index in [1.54, 1.807) is 0 Å². The van der Waals surface area contributed by atoms with Crippen LogP contribution in [0.15, 0.2) is 24.3 Å². The Labute approximate surface area is 113 Å². The molecule has 94 valence electrons. The lowest BCUT2D eigenvalue weighted by Crippen LogP contribution is -2.22. The second kappa shape index (κ2) is 6.95. The minimum atomic E-state index is -0.0551. The number of benzene rings is 1. The number of ketones is 1. The van der Waals surface area contributed by atoms with Crippen molar-refractivity contribution < 1.29 is 4.79 Å². The predicted octanol–water partition coefficient (Wildman–Crippen LogP) is 4.17. The van der Waals surface area contributed by atoms with Crippen molar-refractivity contribution in [1.82, 2.24) is 0 Å². The molecule has 1 aromatic rings. The molecule has 0 aromatic heterocycles. The third kappa shape index (κ3) is 4.27. The molecule has 0 bridgehead atoms. The van der Waals surface area contributed by atoms with Crippen molar-refractivity contribution in [3.05, 3.63) is 35.4 Å². The first kappa shape index (κ1) is 14.4. The Hall–Kier alpha value is -0.630. The highest BCUT2D eigenvalue weighted by Crippen LogP contribution is 2.19. The van der Waals surface area contributed by atoms with Crippen LogP contribution in [-0.4, -0.2) is 10.6 Å². The molecule has 0 aliphatic heterocycles. The lowest BCUT2D eigenvalue weighted by molar-refractivity contribution is -0.121. The van der Waals surface area contributed by atoms with Gasteiger partial charge in [0, 0.05) is 5.92 Å². The van der Waals surface area contributed by atoms with E-state index >= 15 is 0 Å². The summed E-state index contributed by atoms with van der Waals surface area (Å²) in [7, 11) is 0. The summed E-state index contributed by atoms with van der Waals surface area (Å²) in [6, 6.07) is 8.42. The fourth-order valence-electron chi connectivity index (χ4n) is 1.93.